The summed E-state index contributed by atoms with van der Waals surface area (Å²) in [5.74, 6) is -0.346. The molecule has 0 radical (unpaired) electrons. The number of aryl methyl sites for hydroxylation is 1. The predicted molar refractivity (Wildman–Crippen MR) is 75.3 cm³/mol. The third-order valence-corrected chi connectivity index (χ3v) is 3.07. The standard InChI is InChI=1S/C15H14N2O2/c1-11-6-8-12(9-7-11)16-10-17-13-4-2-3-5-14(13)19-15(17)18/h2-9,16H,10H2,1H3. The summed E-state index contributed by atoms with van der Waals surface area (Å²) < 4.78 is 6.75. The molecule has 0 aliphatic carbocycles. The summed E-state index contributed by atoms with van der Waals surface area (Å²) in [5, 5.41) is 3.21. The van der Waals surface area contributed by atoms with Gasteiger partial charge in [0.2, 0.25) is 0 Å². The van der Waals surface area contributed by atoms with Gasteiger partial charge in [0.15, 0.2) is 5.58 Å². The van der Waals surface area contributed by atoms with Gasteiger partial charge < -0.3 is 9.73 Å². The minimum Gasteiger partial charge on any atom is -0.408 e. The summed E-state index contributed by atoms with van der Waals surface area (Å²) in [6, 6.07) is 15.4. The average molecular weight is 254 g/mol. The van der Waals surface area contributed by atoms with Crippen LogP contribution in [0, 0.1) is 6.92 Å². The fraction of sp³-hybridized carbons (Fsp3) is 0.133. The van der Waals surface area contributed by atoms with Crippen LogP contribution in [0.15, 0.2) is 57.7 Å². The van der Waals surface area contributed by atoms with Crippen LogP contribution in [0.1, 0.15) is 5.56 Å². The van der Waals surface area contributed by atoms with Crippen LogP contribution in [0.3, 0.4) is 0 Å². The quantitative estimate of drug-likeness (QED) is 0.781. The molecule has 1 N–H and O–H groups in total. The van der Waals surface area contributed by atoms with E-state index in [1.54, 1.807) is 10.6 Å². The van der Waals surface area contributed by atoms with Crippen LogP contribution in [-0.2, 0) is 6.67 Å². The van der Waals surface area contributed by atoms with Crippen molar-refractivity contribution < 1.29 is 4.42 Å². The summed E-state index contributed by atoms with van der Waals surface area (Å²) in [5.41, 5.74) is 3.59. The molecule has 0 amide bonds. The lowest BCUT2D eigenvalue weighted by molar-refractivity contribution is 0.515. The molecule has 0 atom stereocenters. The van der Waals surface area contributed by atoms with E-state index in [1.807, 2.05) is 49.4 Å². The van der Waals surface area contributed by atoms with Gasteiger partial charge in [-0.15, -0.1) is 0 Å². The Labute approximate surface area is 110 Å². The molecule has 4 nitrogen and oxygen atoms in total. The number of hydrogen-bond donors (Lipinski definition) is 1. The van der Waals surface area contributed by atoms with E-state index in [0.29, 0.717) is 12.3 Å². The van der Waals surface area contributed by atoms with Crippen LogP contribution in [0.25, 0.3) is 11.1 Å². The number of fused-ring (bicyclic) bond motifs is 1. The van der Waals surface area contributed by atoms with Crippen molar-refractivity contribution in [2.45, 2.75) is 13.6 Å². The summed E-state index contributed by atoms with van der Waals surface area (Å²) in [7, 11) is 0. The molecule has 4 heteroatoms. The molecule has 0 unspecified atom stereocenters. The highest BCUT2D eigenvalue weighted by Gasteiger charge is 2.07. The number of aromatic nitrogens is 1. The Morgan fingerprint density at radius 1 is 1.11 bits per heavy atom. The number of rotatable bonds is 3. The van der Waals surface area contributed by atoms with Crippen LogP contribution < -0.4 is 11.1 Å². The number of nitrogens with zero attached hydrogens (tertiary/aromatic N) is 1. The fourth-order valence-corrected chi connectivity index (χ4v) is 2.01. The summed E-state index contributed by atoms with van der Waals surface area (Å²) in [6.45, 7) is 2.43. The minimum absolute atomic E-state index is 0.346. The maximum Gasteiger partial charge on any atom is 0.421 e. The second kappa shape index (κ2) is 4.65. The molecule has 19 heavy (non-hydrogen) atoms. The zero-order valence-corrected chi connectivity index (χ0v) is 10.6. The number of benzene rings is 2. The molecule has 0 saturated carbocycles. The number of nitrogens with one attached hydrogen (secondary N) is 1. The Bertz CT molecular complexity index is 754. The van der Waals surface area contributed by atoms with Crippen LogP contribution in [-0.4, -0.2) is 4.57 Å². The highest BCUT2D eigenvalue weighted by molar-refractivity contribution is 5.72. The normalized spacial score (nSPS) is 10.8. The van der Waals surface area contributed by atoms with Crippen molar-refractivity contribution in [3.05, 3.63) is 64.6 Å². The molecule has 3 rings (SSSR count). The van der Waals surface area contributed by atoms with Gasteiger partial charge in [0.05, 0.1) is 12.2 Å². The first kappa shape index (κ1) is 11.6. The maximum atomic E-state index is 11.8. The van der Waals surface area contributed by atoms with Crippen molar-refractivity contribution in [3.8, 4) is 0 Å². The highest BCUT2D eigenvalue weighted by Crippen LogP contribution is 2.13. The lowest BCUT2D eigenvalue weighted by Gasteiger charge is -2.07. The van der Waals surface area contributed by atoms with Crippen molar-refractivity contribution in [3.63, 3.8) is 0 Å². The van der Waals surface area contributed by atoms with Crippen molar-refractivity contribution in [1.82, 2.24) is 4.57 Å². The average Bonchev–Trinajstić information content (AvgIpc) is 2.74. The molecular formula is C15H14N2O2. The van der Waals surface area contributed by atoms with Gasteiger partial charge in [-0.25, -0.2) is 4.79 Å². The second-order valence-electron chi connectivity index (χ2n) is 4.46. The molecule has 2 aromatic carbocycles. The van der Waals surface area contributed by atoms with E-state index in [9.17, 15) is 4.79 Å². The minimum atomic E-state index is -0.346. The van der Waals surface area contributed by atoms with Gasteiger partial charge >= 0.3 is 5.76 Å². The van der Waals surface area contributed by atoms with Crippen LogP contribution in [0.5, 0.6) is 0 Å². The molecule has 0 bridgehead atoms. The Balaban J connectivity index is 1.87. The molecule has 96 valence electrons. The van der Waals surface area contributed by atoms with Crippen LogP contribution >= 0.6 is 0 Å². The van der Waals surface area contributed by atoms with Crippen molar-refractivity contribution in [1.29, 1.82) is 0 Å². The van der Waals surface area contributed by atoms with Crippen molar-refractivity contribution in [2.24, 2.45) is 0 Å². The maximum absolute atomic E-state index is 11.8. The Morgan fingerprint density at radius 3 is 2.63 bits per heavy atom. The van der Waals surface area contributed by atoms with Gasteiger partial charge in [-0.2, -0.15) is 0 Å². The summed E-state index contributed by atoms with van der Waals surface area (Å²) in [4.78, 5) is 11.8. The summed E-state index contributed by atoms with van der Waals surface area (Å²) in [6.07, 6.45) is 0. The number of hydrogen-bond acceptors (Lipinski definition) is 3. The highest BCUT2D eigenvalue weighted by atomic mass is 16.4. The van der Waals surface area contributed by atoms with E-state index in [2.05, 4.69) is 5.32 Å². The van der Waals surface area contributed by atoms with Crippen molar-refractivity contribution >= 4 is 16.8 Å². The first-order valence-electron chi connectivity index (χ1n) is 6.13. The van der Waals surface area contributed by atoms with Crippen LogP contribution in [0.2, 0.25) is 0 Å². The molecular weight excluding hydrogens is 240 g/mol. The Morgan fingerprint density at radius 2 is 1.84 bits per heavy atom. The third-order valence-electron chi connectivity index (χ3n) is 3.07. The van der Waals surface area contributed by atoms with E-state index < -0.39 is 0 Å². The van der Waals surface area contributed by atoms with E-state index >= 15 is 0 Å². The smallest absolute Gasteiger partial charge is 0.408 e. The lowest BCUT2D eigenvalue weighted by atomic mass is 10.2. The van der Waals surface area contributed by atoms with Crippen LogP contribution in [0.4, 0.5) is 5.69 Å². The van der Waals surface area contributed by atoms with E-state index in [-0.39, 0.29) is 5.76 Å². The van der Waals surface area contributed by atoms with Gasteiger partial charge in [-0.3, -0.25) is 4.57 Å². The Hall–Kier alpha value is -2.49. The first-order chi connectivity index (χ1) is 9.24. The molecule has 0 aliphatic heterocycles. The number of oxazole rings is 1. The van der Waals surface area contributed by atoms with Gasteiger partial charge in [0, 0.05) is 5.69 Å². The largest absolute Gasteiger partial charge is 0.421 e. The molecule has 0 fully saturated rings. The summed E-state index contributed by atoms with van der Waals surface area (Å²) >= 11 is 0. The van der Waals surface area contributed by atoms with E-state index in [0.717, 1.165) is 11.2 Å². The SMILES string of the molecule is Cc1ccc(NCn2c(=O)oc3ccccc32)cc1. The fourth-order valence-electron chi connectivity index (χ4n) is 2.01. The number of anilines is 1. The van der Waals surface area contributed by atoms with Gasteiger partial charge in [-0.1, -0.05) is 29.8 Å². The van der Waals surface area contributed by atoms with E-state index in [4.69, 9.17) is 4.42 Å². The molecule has 3 aromatic rings. The lowest BCUT2D eigenvalue weighted by Crippen LogP contribution is -2.19. The molecule has 0 aliphatic rings. The molecule has 1 heterocycles. The van der Waals surface area contributed by atoms with Crippen molar-refractivity contribution in [2.75, 3.05) is 5.32 Å². The van der Waals surface area contributed by atoms with Gasteiger partial charge in [-0.05, 0) is 31.2 Å². The third kappa shape index (κ3) is 2.25. The van der Waals surface area contributed by atoms with Gasteiger partial charge in [0.1, 0.15) is 0 Å². The first-order valence-corrected chi connectivity index (χ1v) is 6.13. The zero-order valence-electron chi connectivity index (χ0n) is 10.6. The molecule has 1 aromatic heterocycles. The number of para-hydroxylation sites is 2. The van der Waals surface area contributed by atoms with E-state index in [1.165, 1.54) is 5.56 Å². The van der Waals surface area contributed by atoms with Gasteiger partial charge in [0.25, 0.3) is 0 Å². The Kier molecular flexibility index (Phi) is 2.83. The molecule has 0 spiro atoms. The molecule has 0 saturated heterocycles. The predicted octanol–water partition coefficient (Wildman–Crippen LogP) is 2.97. The topological polar surface area (TPSA) is 47.2 Å². The monoisotopic (exact) mass is 254 g/mol. The zero-order chi connectivity index (χ0) is 13.2. The second-order valence-corrected chi connectivity index (χ2v) is 4.46.